The lowest BCUT2D eigenvalue weighted by atomic mass is 9.96. The van der Waals surface area contributed by atoms with Gasteiger partial charge in [-0.05, 0) is 41.9 Å². The molecule has 0 saturated heterocycles. The van der Waals surface area contributed by atoms with E-state index in [0.29, 0.717) is 0 Å². The van der Waals surface area contributed by atoms with Gasteiger partial charge < -0.3 is 5.32 Å². The molecule has 1 atom stereocenters. The first kappa shape index (κ1) is 13.8. The number of benzene rings is 2. The van der Waals surface area contributed by atoms with Gasteiger partial charge in [-0.2, -0.15) is 0 Å². The van der Waals surface area contributed by atoms with Gasteiger partial charge in [0.15, 0.2) is 0 Å². The molecule has 0 aliphatic carbocycles. The first-order valence-corrected chi connectivity index (χ1v) is 7.44. The Kier molecular flexibility index (Phi) is 3.98. The second kappa shape index (κ2) is 6.06. The number of nitrogens with zero attached hydrogens (tertiary/aromatic N) is 1. The van der Waals surface area contributed by atoms with Crippen LogP contribution in [0.15, 0.2) is 60.7 Å². The van der Waals surface area contributed by atoms with E-state index in [1.54, 1.807) is 0 Å². The molecule has 0 amide bonds. The number of hydrogen-bond donors (Lipinski definition) is 1. The largest absolute Gasteiger partial charge is 0.305 e. The van der Waals surface area contributed by atoms with Crippen LogP contribution in [0.4, 0.5) is 0 Å². The molecule has 1 unspecified atom stereocenters. The lowest BCUT2D eigenvalue weighted by Gasteiger charge is -2.20. The van der Waals surface area contributed by atoms with Crippen molar-refractivity contribution in [2.24, 2.45) is 0 Å². The van der Waals surface area contributed by atoms with Crippen molar-refractivity contribution in [1.29, 1.82) is 0 Å². The second-order valence-corrected chi connectivity index (χ2v) is 5.26. The summed E-state index contributed by atoms with van der Waals surface area (Å²) in [6.07, 6.45) is 0. The fourth-order valence-electron chi connectivity index (χ4n) is 2.81. The summed E-state index contributed by atoms with van der Waals surface area (Å²) in [6, 6.07) is 21.3. The number of rotatable bonds is 4. The standard InChI is InChI=1S/C19H20N2/c1-3-20-19(18-13-6-8-14(2)21-18)17-12-7-10-15-9-4-5-11-16(15)17/h4-13,19-20H,3H2,1-2H3. The highest BCUT2D eigenvalue weighted by Gasteiger charge is 2.16. The molecule has 0 aliphatic heterocycles. The summed E-state index contributed by atoms with van der Waals surface area (Å²) in [6.45, 7) is 5.08. The Balaban J connectivity index is 2.16. The fraction of sp³-hybridized carbons (Fsp3) is 0.211. The Labute approximate surface area is 125 Å². The summed E-state index contributed by atoms with van der Waals surface area (Å²) in [5, 5.41) is 6.13. The van der Waals surface area contributed by atoms with Gasteiger partial charge in [-0.3, -0.25) is 4.98 Å². The number of aryl methyl sites for hydroxylation is 1. The minimum absolute atomic E-state index is 0.126. The Bertz CT molecular complexity index is 744. The van der Waals surface area contributed by atoms with Gasteiger partial charge in [-0.15, -0.1) is 0 Å². The molecule has 0 spiro atoms. The number of hydrogen-bond acceptors (Lipinski definition) is 2. The average Bonchev–Trinajstić information content (AvgIpc) is 2.52. The normalized spacial score (nSPS) is 12.5. The summed E-state index contributed by atoms with van der Waals surface area (Å²) in [5.74, 6) is 0. The lowest BCUT2D eigenvalue weighted by molar-refractivity contribution is 0.618. The van der Waals surface area contributed by atoms with Crippen molar-refractivity contribution in [3.63, 3.8) is 0 Å². The molecule has 2 nitrogen and oxygen atoms in total. The second-order valence-electron chi connectivity index (χ2n) is 5.26. The molecular formula is C19H20N2. The van der Waals surface area contributed by atoms with Gasteiger partial charge in [-0.25, -0.2) is 0 Å². The van der Waals surface area contributed by atoms with Crippen LogP contribution in [0.3, 0.4) is 0 Å². The van der Waals surface area contributed by atoms with E-state index in [1.807, 2.05) is 13.0 Å². The van der Waals surface area contributed by atoms with Gasteiger partial charge in [0, 0.05) is 5.69 Å². The molecule has 106 valence electrons. The Morgan fingerprint density at radius 2 is 1.71 bits per heavy atom. The summed E-state index contributed by atoms with van der Waals surface area (Å²) in [5.41, 5.74) is 3.41. The maximum atomic E-state index is 4.71. The third kappa shape index (κ3) is 2.81. The first-order valence-electron chi connectivity index (χ1n) is 7.44. The van der Waals surface area contributed by atoms with E-state index in [0.717, 1.165) is 17.9 Å². The molecular weight excluding hydrogens is 256 g/mol. The van der Waals surface area contributed by atoms with Crippen molar-refractivity contribution in [2.75, 3.05) is 6.54 Å². The van der Waals surface area contributed by atoms with Gasteiger partial charge in [0.2, 0.25) is 0 Å². The highest BCUT2D eigenvalue weighted by molar-refractivity contribution is 5.86. The van der Waals surface area contributed by atoms with E-state index in [9.17, 15) is 0 Å². The zero-order chi connectivity index (χ0) is 14.7. The van der Waals surface area contributed by atoms with E-state index in [-0.39, 0.29) is 6.04 Å². The molecule has 0 bridgehead atoms. The number of nitrogens with one attached hydrogen (secondary N) is 1. The molecule has 3 aromatic rings. The lowest BCUT2D eigenvalue weighted by Crippen LogP contribution is -2.23. The quantitative estimate of drug-likeness (QED) is 0.771. The van der Waals surface area contributed by atoms with E-state index >= 15 is 0 Å². The minimum atomic E-state index is 0.126. The van der Waals surface area contributed by atoms with Crippen LogP contribution in [0.25, 0.3) is 10.8 Å². The molecule has 0 aliphatic rings. The molecule has 0 radical (unpaired) electrons. The van der Waals surface area contributed by atoms with Crippen LogP contribution in [-0.4, -0.2) is 11.5 Å². The third-order valence-electron chi connectivity index (χ3n) is 3.75. The van der Waals surface area contributed by atoms with E-state index in [4.69, 9.17) is 4.98 Å². The predicted molar refractivity (Wildman–Crippen MR) is 88.4 cm³/mol. The Morgan fingerprint density at radius 3 is 2.52 bits per heavy atom. The van der Waals surface area contributed by atoms with Crippen LogP contribution < -0.4 is 5.32 Å². The van der Waals surface area contributed by atoms with Crippen molar-refractivity contribution < 1.29 is 0 Å². The smallest absolute Gasteiger partial charge is 0.0757 e. The summed E-state index contributed by atoms with van der Waals surface area (Å²) < 4.78 is 0. The maximum absolute atomic E-state index is 4.71. The zero-order valence-corrected chi connectivity index (χ0v) is 12.5. The Morgan fingerprint density at radius 1 is 0.952 bits per heavy atom. The average molecular weight is 276 g/mol. The number of pyridine rings is 1. The van der Waals surface area contributed by atoms with Gasteiger partial charge >= 0.3 is 0 Å². The van der Waals surface area contributed by atoms with Crippen LogP contribution in [0, 0.1) is 6.92 Å². The summed E-state index contributed by atoms with van der Waals surface area (Å²) >= 11 is 0. The van der Waals surface area contributed by atoms with Crippen molar-refractivity contribution in [1.82, 2.24) is 10.3 Å². The molecule has 2 aromatic carbocycles. The molecule has 0 fully saturated rings. The highest BCUT2D eigenvalue weighted by atomic mass is 14.9. The van der Waals surface area contributed by atoms with Crippen molar-refractivity contribution >= 4 is 10.8 Å². The van der Waals surface area contributed by atoms with Crippen LogP contribution in [0.1, 0.15) is 29.9 Å². The number of fused-ring (bicyclic) bond motifs is 1. The summed E-state index contributed by atoms with van der Waals surface area (Å²) in [7, 11) is 0. The van der Waals surface area contributed by atoms with E-state index in [2.05, 4.69) is 66.8 Å². The van der Waals surface area contributed by atoms with Crippen molar-refractivity contribution in [2.45, 2.75) is 19.9 Å². The van der Waals surface area contributed by atoms with E-state index < -0.39 is 0 Å². The van der Waals surface area contributed by atoms with Gasteiger partial charge in [0.1, 0.15) is 0 Å². The fourth-order valence-corrected chi connectivity index (χ4v) is 2.81. The number of aromatic nitrogens is 1. The van der Waals surface area contributed by atoms with E-state index in [1.165, 1.54) is 16.3 Å². The Hall–Kier alpha value is -2.19. The van der Waals surface area contributed by atoms with Crippen molar-refractivity contribution in [3.05, 3.63) is 77.6 Å². The maximum Gasteiger partial charge on any atom is 0.0757 e. The van der Waals surface area contributed by atoms with Crippen molar-refractivity contribution in [3.8, 4) is 0 Å². The van der Waals surface area contributed by atoms with Gasteiger partial charge in [0.25, 0.3) is 0 Å². The molecule has 1 aromatic heterocycles. The molecule has 1 N–H and O–H groups in total. The van der Waals surface area contributed by atoms with Gasteiger partial charge in [0.05, 0.1) is 11.7 Å². The summed E-state index contributed by atoms with van der Waals surface area (Å²) in [4.78, 5) is 4.71. The third-order valence-corrected chi connectivity index (χ3v) is 3.75. The molecule has 1 heterocycles. The van der Waals surface area contributed by atoms with Crippen LogP contribution in [-0.2, 0) is 0 Å². The topological polar surface area (TPSA) is 24.9 Å². The zero-order valence-electron chi connectivity index (χ0n) is 12.5. The molecule has 0 saturated carbocycles. The predicted octanol–water partition coefficient (Wildman–Crippen LogP) is 4.24. The van der Waals surface area contributed by atoms with Crippen LogP contribution in [0.2, 0.25) is 0 Å². The highest BCUT2D eigenvalue weighted by Crippen LogP contribution is 2.28. The molecule has 21 heavy (non-hydrogen) atoms. The molecule has 2 heteroatoms. The van der Waals surface area contributed by atoms with Crippen LogP contribution in [0.5, 0.6) is 0 Å². The first-order chi connectivity index (χ1) is 10.3. The minimum Gasteiger partial charge on any atom is -0.305 e. The monoisotopic (exact) mass is 276 g/mol. The van der Waals surface area contributed by atoms with Gasteiger partial charge in [-0.1, -0.05) is 55.5 Å². The SMILES string of the molecule is CCNC(c1cccc(C)n1)c1cccc2ccccc12. The van der Waals surface area contributed by atoms with Crippen LogP contribution >= 0.6 is 0 Å². The molecule has 3 rings (SSSR count).